The maximum atomic E-state index is 11.7. The Balaban J connectivity index is 2.17. The van der Waals surface area contributed by atoms with Gasteiger partial charge in [0, 0.05) is 0 Å². The minimum Gasteiger partial charge on any atom is -0.493 e. The van der Waals surface area contributed by atoms with Crippen LogP contribution in [0.15, 0.2) is 18.2 Å². The van der Waals surface area contributed by atoms with E-state index in [-0.39, 0.29) is 5.97 Å². The fraction of sp³-hybridized carbons (Fsp3) is 0.533. The summed E-state index contributed by atoms with van der Waals surface area (Å²) in [6.45, 7) is 4.63. The van der Waals surface area contributed by atoms with Gasteiger partial charge in [-0.1, -0.05) is 12.1 Å². The van der Waals surface area contributed by atoms with Gasteiger partial charge in [-0.3, -0.25) is 4.79 Å². The smallest absolute Gasteiger partial charge is 0.311 e. The van der Waals surface area contributed by atoms with Crippen molar-refractivity contribution >= 4 is 5.97 Å². The van der Waals surface area contributed by atoms with Crippen molar-refractivity contribution in [3.05, 3.63) is 29.3 Å². The molecule has 1 aromatic carbocycles. The van der Waals surface area contributed by atoms with Crippen molar-refractivity contribution in [2.75, 3.05) is 13.7 Å². The largest absolute Gasteiger partial charge is 0.493 e. The molecular weight excluding hydrogens is 228 g/mol. The molecule has 0 atom stereocenters. The van der Waals surface area contributed by atoms with Gasteiger partial charge in [0.05, 0.1) is 19.1 Å². The Morgan fingerprint density at radius 3 is 2.94 bits per heavy atom. The van der Waals surface area contributed by atoms with Gasteiger partial charge in [-0.05, 0) is 50.3 Å². The first-order chi connectivity index (χ1) is 8.53. The molecule has 1 aliphatic heterocycles. The van der Waals surface area contributed by atoms with E-state index in [0.717, 1.165) is 30.8 Å². The highest BCUT2D eigenvalue weighted by Gasteiger charge is 2.29. The summed E-state index contributed by atoms with van der Waals surface area (Å²) in [7, 11) is 1.44. The van der Waals surface area contributed by atoms with Crippen molar-refractivity contribution in [2.24, 2.45) is 5.41 Å². The van der Waals surface area contributed by atoms with Crippen LogP contribution in [0.3, 0.4) is 0 Å². The van der Waals surface area contributed by atoms with Crippen molar-refractivity contribution in [1.29, 1.82) is 0 Å². The topological polar surface area (TPSA) is 35.5 Å². The average molecular weight is 248 g/mol. The van der Waals surface area contributed by atoms with E-state index in [1.54, 1.807) is 0 Å². The van der Waals surface area contributed by atoms with Gasteiger partial charge < -0.3 is 9.47 Å². The Bertz CT molecular complexity index is 449. The van der Waals surface area contributed by atoms with Gasteiger partial charge in [-0.2, -0.15) is 0 Å². The van der Waals surface area contributed by atoms with E-state index in [9.17, 15) is 4.79 Å². The molecule has 18 heavy (non-hydrogen) atoms. The highest BCUT2D eigenvalue weighted by Crippen LogP contribution is 2.29. The van der Waals surface area contributed by atoms with Gasteiger partial charge in [0.2, 0.25) is 0 Å². The average Bonchev–Trinajstić information content (AvgIpc) is 2.37. The molecule has 0 amide bonds. The molecular formula is C15H20O3. The SMILES string of the molecule is COC(=O)C(C)(C)Cc1ccc2c(c1)CCCO2. The Labute approximate surface area is 108 Å². The summed E-state index contributed by atoms with van der Waals surface area (Å²) in [6, 6.07) is 6.20. The fourth-order valence-electron chi connectivity index (χ4n) is 2.38. The van der Waals surface area contributed by atoms with Gasteiger partial charge in [0.25, 0.3) is 0 Å². The number of fused-ring (bicyclic) bond motifs is 1. The zero-order chi connectivity index (χ0) is 13.2. The van der Waals surface area contributed by atoms with Crippen molar-refractivity contribution in [3.63, 3.8) is 0 Å². The van der Waals surface area contributed by atoms with E-state index in [2.05, 4.69) is 6.07 Å². The molecule has 0 saturated carbocycles. The number of esters is 1. The van der Waals surface area contributed by atoms with Crippen LogP contribution in [0.25, 0.3) is 0 Å². The molecule has 3 nitrogen and oxygen atoms in total. The molecule has 2 rings (SSSR count). The molecule has 0 spiro atoms. The van der Waals surface area contributed by atoms with Crippen LogP contribution in [0.4, 0.5) is 0 Å². The number of aryl methyl sites for hydroxylation is 1. The molecule has 0 fully saturated rings. The van der Waals surface area contributed by atoms with Gasteiger partial charge in [-0.15, -0.1) is 0 Å². The molecule has 3 heteroatoms. The third kappa shape index (κ3) is 2.66. The molecule has 0 bridgehead atoms. The van der Waals surface area contributed by atoms with E-state index in [0.29, 0.717) is 6.42 Å². The van der Waals surface area contributed by atoms with Gasteiger partial charge in [-0.25, -0.2) is 0 Å². The van der Waals surface area contributed by atoms with E-state index < -0.39 is 5.41 Å². The Hall–Kier alpha value is -1.51. The van der Waals surface area contributed by atoms with E-state index in [1.165, 1.54) is 12.7 Å². The van der Waals surface area contributed by atoms with Crippen LogP contribution in [0.1, 0.15) is 31.4 Å². The van der Waals surface area contributed by atoms with Crippen LogP contribution in [-0.4, -0.2) is 19.7 Å². The second kappa shape index (κ2) is 5.01. The lowest BCUT2D eigenvalue weighted by atomic mass is 9.85. The highest BCUT2D eigenvalue weighted by molar-refractivity contribution is 5.76. The van der Waals surface area contributed by atoms with Crippen LogP contribution in [-0.2, 0) is 22.4 Å². The molecule has 0 aromatic heterocycles. The van der Waals surface area contributed by atoms with Crippen LogP contribution in [0, 0.1) is 5.41 Å². The van der Waals surface area contributed by atoms with Crippen LogP contribution in [0.5, 0.6) is 5.75 Å². The van der Waals surface area contributed by atoms with Crippen LogP contribution in [0.2, 0.25) is 0 Å². The number of hydrogen-bond acceptors (Lipinski definition) is 3. The Morgan fingerprint density at radius 2 is 2.22 bits per heavy atom. The zero-order valence-corrected chi connectivity index (χ0v) is 11.3. The van der Waals surface area contributed by atoms with Gasteiger partial charge in [0.1, 0.15) is 5.75 Å². The molecule has 1 aromatic rings. The predicted octanol–water partition coefficient (Wildman–Crippen LogP) is 2.75. The summed E-state index contributed by atoms with van der Waals surface area (Å²) in [5.74, 6) is 0.817. The van der Waals surface area contributed by atoms with Crippen LogP contribution < -0.4 is 4.74 Å². The quantitative estimate of drug-likeness (QED) is 0.772. The van der Waals surface area contributed by atoms with Gasteiger partial charge >= 0.3 is 5.97 Å². The first-order valence-electron chi connectivity index (χ1n) is 6.36. The summed E-state index contributed by atoms with van der Waals surface area (Å²) >= 11 is 0. The van der Waals surface area contributed by atoms with Gasteiger partial charge in [0.15, 0.2) is 0 Å². The summed E-state index contributed by atoms with van der Waals surface area (Å²) < 4.78 is 10.4. The molecule has 0 aliphatic carbocycles. The number of carbonyl (C=O) groups is 1. The number of hydrogen-bond donors (Lipinski definition) is 0. The molecule has 0 N–H and O–H groups in total. The molecule has 1 heterocycles. The maximum absolute atomic E-state index is 11.7. The molecule has 0 radical (unpaired) electrons. The number of methoxy groups -OCH3 is 1. The van der Waals surface area contributed by atoms with Crippen LogP contribution >= 0.6 is 0 Å². The summed E-state index contributed by atoms with van der Waals surface area (Å²) in [5.41, 5.74) is 1.92. The second-order valence-electron chi connectivity index (χ2n) is 5.45. The van der Waals surface area contributed by atoms with E-state index in [1.807, 2.05) is 26.0 Å². The van der Waals surface area contributed by atoms with Crippen molar-refractivity contribution in [2.45, 2.75) is 33.1 Å². The van der Waals surface area contributed by atoms with Crippen molar-refractivity contribution in [3.8, 4) is 5.75 Å². The number of carbonyl (C=O) groups excluding carboxylic acids is 1. The maximum Gasteiger partial charge on any atom is 0.311 e. The Morgan fingerprint density at radius 1 is 1.44 bits per heavy atom. The number of rotatable bonds is 3. The van der Waals surface area contributed by atoms with E-state index >= 15 is 0 Å². The number of ether oxygens (including phenoxy) is 2. The lowest BCUT2D eigenvalue weighted by Crippen LogP contribution is -2.28. The second-order valence-corrected chi connectivity index (χ2v) is 5.45. The highest BCUT2D eigenvalue weighted by atomic mass is 16.5. The first-order valence-corrected chi connectivity index (χ1v) is 6.36. The minimum absolute atomic E-state index is 0.170. The minimum atomic E-state index is -0.488. The predicted molar refractivity (Wildman–Crippen MR) is 69.8 cm³/mol. The Kier molecular flexibility index (Phi) is 3.60. The normalized spacial score (nSPS) is 14.6. The monoisotopic (exact) mass is 248 g/mol. The summed E-state index contributed by atoms with van der Waals surface area (Å²) in [5, 5.41) is 0. The van der Waals surface area contributed by atoms with Crippen molar-refractivity contribution in [1.82, 2.24) is 0 Å². The standard InChI is InChI=1S/C15H20O3/c1-15(2,14(16)17-3)10-11-6-7-13-12(9-11)5-4-8-18-13/h6-7,9H,4-5,8,10H2,1-3H3. The first kappa shape index (κ1) is 12.9. The molecule has 0 saturated heterocycles. The molecule has 1 aliphatic rings. The lowest BCUT2D eigenvalue weighted by Gasteiger charge is -2.23. The van der Waals surface area contributed by atoms with Crippen molar-refractivity contribution < 1.29 is 14.3 Å². The third-order valence-corrected chi connectivity index (χ3v) is 3.36. The third-order valence-electron chi connectivity index (χ3n) is 3.36. The number of benzene rings is 1. The molecule has 0 unspecified atom stereocenters. The summed E-state index contributed by atoms with van der Waals surface area (Å²) in [6.07, 6.45) is 2.81. The zero-order valence-electron chi connectivity index (χ0n) is 11.3. The molecule has 98 valence electrons. The van der Waals surface area contributed by atoms with E-state index in [4.69, 9.17) is 9.47 Å². The fourth-order valence-corrected chi connectivity index (χ4v) is 2.38. The summed E-state index contributed by atoms with van der Waals surface area (Å²) in [4.78, 5) is 11.7. The lowest BCUT2D eigenvalue weighted by molar-refractivity contribution is -0.150.